The summed E-state index contributed by atoms with van der Waals surface area (Å²) in [7, 11) is -3.53. The van der Waals surface area contributed by atoms with Gasteiger partial charge in [0.05, 0.1) is 16.6 Å². The van der Waals surface area contributed by atoms with Gasteiger partial charge in [-0.05, 0) is 30.5 Å². The maximum absolute atomic E-state index is 13.7. The van der Waals surface area contributed by atoms with Crippen LogP contribution in [0.1, 0.15) is 37.2 Å². The molecule has 0 bridgehead atoms. The minimum Gasteiger partial charge on any atom is -0.361 e. The van der Waals surface area contributed by atoms with Gasteiger partial charge < -0.3 is 5.32 Å². The summed E-state index contributed by atoms with van der Waals surface area (Å²) in [6.45, 7) is 0. The molecule has 0 amide bonds. The van der Waals surface area contributed by atoms with Crippen molar-refractivity contribution < 1.29 is 22.0 Å². The standard InChI is InChI=1S/C17H15F2NO3S/c18-10-5-4-9(8-11(10)19)15-16-12(2-1-3-14(16)21)20-13-6-7-24(22,23)17(13)15/h4-5,8,15,20H,1-3,6-7H2. The molecule has 0 spiro atoms. The highest BCUT2D eigenvalue weighted by Crippen LogP contribution is 2.47. The van der Waals surface area contributed by atoms with E-state index in [1.54, 1.807) is 0 Å². The van der Waals surface area contributed by atoms with Crippen molar-refractivity contribution in [2.24, 2.45) is 0 Å². The molecule has 0 radical (unpaired) electrons. The van der Waals surface area contributed by atoms with Crippen LogP contribution in [0.3, 0.4) is 0 Å². The molecule has 2 heterocycles. The molecule has 1 atom stereocenters. The van der Waals surface area contributed by atoms with E-state index in [9.17, 15) is 22.0 Å². The largest absolute Gasteiger partial charge is 0.361 e. The molecule has 1 aromatic carbocycles. The van der Waals surface area contributed by atoms with Gasteiger partial charge in [0.2, 0.25) is 0 Å². The van der Waals surface area contributed by atoms with Crippen LogP contribution in [0.25, 0.3) is 0 Å². The lowest BCUT2D eigenvalue weighted by Gasteiger charge is -2.33. The van der Waals surface area contributed by atoms with E-state index in [2.05, 4.69) is 5.32 Å². The van der Waals surface area contributed by atoms with Gasteiger partial charge in [-0.3, -0.25) is 4.79 Å². The summed E-state index contributed by atoms with van der Waals surface area (Å²) in [5.41, 5.74) is 1.99. The van der Waals surface area contributed by atoms with E-state index < -0.39 is 27.4 Å². The van der Waals surface area contributed by atoms with Gasteiger partial charge in [-0.1, -0.05) is 6.07 Å². The van der Waals surface area contributed by atoms with Crippen molar-refractivity contribution >= 4 is 15.6 Å². The number of rotatable bonds is 1. The molecule has 2 aliphatic heterocycles. The summed E-state index contributed by atoms with van der Waals surface area (Å²) in [5.74, 6) is -3.05. The van der Waals surface area contributed by atoms with Crippen molar-refractivity contribution in [1.29, 1.82) is 0 Å². The molecule has 0 fully saturated rings. The number of halogens is 2. The number of ketones is 1. The van der Waals surface area contributed by atoms with Crippen molar-refractivity contribution in [3.8, 4) is 0 Å². The van der Waals surface area contributed by atoms with Crippen LogP contribution < -0.4 is 5.32 Å². The topological polar surface area (TPSA) is 63.2 Å². The molecule has 4 rings (SSSR count). The van der Waals surface area contributed by atoms with E-state index in [1.165, 1.54) is 6.07 Å². The summed E-state index contributed by atoms with van der Waals surface area (Å²) in [4.78, 5) is 12.6. The quantitative estimate of drug-likeness (QED) is 0.845. The second kappa shape index (κ2) is 5.24. The van der Waals surface area contributed by atoms with Gasteiger partial charge in [-0.25, -0.2) is 17.2 Å². The molecule has 0 saturated heterocycles. The SMILES string of the molecule is O=C1CCCC2=C1C(c1ccc(F)c(F)c1)C1=C(CCS1(=O)=O)N2. The molecule has 4 nitrogen and oxygen atoms in total. The van der Waals surface area contributed by atoms with Crippen LogP contribution in [0.5, 0.6) is 0 Å². The van der Waals surface area contributed by atoms with E-state index in [0.29, 0.717) is 42.5 Å². The molecular weight excluding hydrogens is 336 g/mol. The summed E-state index contributed by atoms with van der Waals surface area (Å²) in [6.07, 6.45) is 2.04. The van der Waals surface area contributed by atoms with Gasteiger partial charge >= 0.3 is 0 Å². The van der Waals surface area contributed by atoms with Crippen LogP contribution in [-0.4, -0.2) is 20.0 Å². The fourth-order valence-corrected chi connectivity index (χ4v) is 5.62. The lowest BCUT2D eigenvalue weighted by Crippen LogP contribution is -2.32. The Morgan fingerprint density at radius 2 is 1.83 bits per heavy atom. The van der Waals surface area contributed by atoms with Gasteiger partial charge in [0.15, 0.2) is 27.3 Å². The predicted octanol–water partition coefficient (Wildman–Crippen LogP) is 2.69. The highest BCUT2D eigenvalue weighted by atomic mass is 32.2. The fraction of sp³-hybridized carbons (Fsp3) is 0.353. The third kappa shape index (κ3) is 2.22. The maximum atomic E-state index is 13.7. The first-order valence-corrected chi connectivity index (χ1v) is 9.48. The predicted molar refractivity (Wildman–Crippen MR) is 83.5 cm³/mol. The minimum absolute atomic E-state index is 0.0282. The van der Waals surface area contributed by atoms with Crippen molar-refractivity contribution in [2.45, 2.75) is 31.6 Å². The monoisotopic (exact) mass is 351 g/mol. The first kappa shape index (κ1) is 15.5. The highest BCUT2D eigenvalue weighted by molar-refractivity contribution is 7.95. The van der Waals surface area contributed by atoms with Crippen molar-refractivity contribution in [1.82, 2.24) is 5.32 Å². The molecule has 3 aliphatic rings. The van der Waals surface area contributed by atoms with Gasteiger partial charge in [0, 0.05) is 29.8 Å². The number of sulfone groups is 1. The number of dihydropyridines is 1. The molecule has 0 saturated carbocycles. The van der Waals surface area contributed by atoms with Crippen molar-refractivity contribution in [2.75, 3.05) is 5.75 Å². The molecule has 1 aromatic rings. The summed E-state index contributed by atoms with van der Waals surface area (Å²) in [6, 6.07) is 3.33. The van der Waals surface area contributed by atoms with Crippen LogP contribution in [0.2, 0.25) is 0 Å². The van der Waals surface area contributed by atoms with Gasteiger partial charge in [-0.15, -0.1) is 0 Å². The zero-order valence-electron chi connectivity index (χ0n) is 12.7. The first-order valence-electron chi connectivity index (χ1n) is 7.82. The molecule has 0 aromatic heterocycles. The maximum Gasteiger partial charge on any atom is 0.177 e. The molecular formula is C17H15F2NO3S. The Morgan fingerprint density at radius 1 is 1.04 bits per heavy atom. The van der Waals surface area contributed by atoms with E-state index >= 15 is 0 Å². The lowest BCUT2D eigenvalue weighted by molar-refractivity contribution is -0.116. The highest BCUT2D eigenvalue weighted by Gasteiger charge is 2.44. The average Bonchev–Trinajstić information content (AvgIpc) is 2.84. The average molecular weight is 351 g/mol. The summed E-state index contributed by atoms with van der Waals surface area (Å²) >= 11 is 0. The van der Waals surface area contributed by atoms with Gasteiger partial charge in [0.1, 0.15) is 0 Å². The fourth-order valence-electron chi connectivity index (χ4n) is 3.79. The minimum atomic E-state index is -3.53. The molecule has 1 N–H and O–H groups in total. The first-order chi connectivity index (χ1) is 11.4. The van der Waals surface area contributed by atoms with Crippen molar-refractivity contribution in [3.63, 3.8) is 0 Å². The number of carbonyl (C=O) groups excluding carboxylic acids is 1. The number of carbonyl (C=O) groups is 1. The van der Waals surface area contributed by atoms with Crippen LogP contribution in [-0.2, 0) is 14.6 Å². The normalized spacial score (nSPS) is 25.4. The van der Waals surface area contributed by atoms with Crippen molar-refractivity contribution in [3.05, 3.63) is 57.3 Å². The number of allylic oxidation sites excluding steroid dienone is 4. The third-order valence-electron chi connectivity index (χ3n) is 4.84. The lowest BCUT2D eigenvalue weighted by atomic mass is 9.79. The summed E-state index contributed by atoms with van der Waals surface area (Å²) < 4.78 is 52.1. The Labute approximate surface area is 138 Å². The number of Topliss-reactive ketones (excluding diaryl/α,β-unsaturated/α-hetero) is 1. The van der Waals surface area contributed by atoms with Crippen LogP contribution in [0.15, 0.2) is 40.1 Å². The van der Waals surface area contributed by atoms with E-state index in [-0.39, 0.29) is 16.4 Å². The van der Waals surface area contributed by atoms with E-state index in [0.717, 1.165) is 17.8 Å². The molecule has 7 heteroatoms. The number of hydrogen-bond donors (Lipinski definition) is 1. The van der Waals surface area contributed by atoms with E-state index in [1.807, 2.05) is 0 Å². The van der Waals surface area contributed by atoms with Gasteiger partial charge in [0.25, 0.3) is 0 Å². The second-order valence-electron chi connectivity index (χ2n) is 6.31. The Bertz CT molecular complexity index is 931. The van der Waals surface area contributed by atoms with Crippen LogP contribution in [0.4, 0.5) is 8.78 Å². The molecule has 1 unspecified atom stereocenters. The van der Waals surface area contributed by atoms with Crippen LogP contribution >= 0.6 is 0 Å². The zero-order chi connectivity index (χ0) is 17.1. The Balaban J connectivity index is 1.96. The molecule has 1 aliphatic carbocycles. The number of nitrogens with one attached hydrogen (secondary N) is 1. The number of benzene rings is 1. The smallest absolute Gasteiger partial charge is 0.177 e. The number of hydrogen-bond acceptors (Lipinski definition) is 4. The Hall–Kier alpha value is -2.02. The second-order valence-corrected chi connectivity index (χ2v) is 8.39. The third-order valence-corrected chi connectivity index (χ3v) is 6.73. The zero-order valence-corrected chi connectivity index (χ0v) is 13.6. The van der Waals surface area contributed by atoms with Crippen LogP contribution in [0, 0.1) is 11.6 Å². The van der Waals surface area contributed by atoms with E-state index in [4.69, 9.17) is 0 Å². The molecule has 126 valence electrons. The summed E-state index contributed by atoms with van der Waals surface area (Å²) in [5, 5.41) is 3.12. The van der Waals surface area contributed by atoms with Gasteiger partial charge in [-0.2, -0.15) is 0 Å². The Morgan fingerprint density at radius 3 is 2.58 bits per heavy atom. The molecule has 24 heavy (non-hydrogen) atoms. The Kier molecular flexibility index (Phi) is 3.38.